The summed E-state index contributed by atoms with van der Waals surface area (Å²) in [5.74, 6) is -0.0355. The summed E-state index contributed by atoms with van der Waals surface area (Å²) in [7, 11) is 1.39. The molecule has 0 N–H and O–H groups in total. The molecule has 0 aromatic heterocycles. The Kier molecular flexibility index (Phi) is 3.72. The van der Waals surface area contributed by atoms with Crippen molar-refractivity contribution < 1.29 is 14.0 Å². The van der Waals surface area contributed by atoms with E-state index < -0.39 is 0 Å². The van der Waals surface area contributed by atoms with Crippen molar-refractivity contribution in [1.29, 1.82) is 0 Å². The molecule has 0 atom stereocenters. The largest absolute Gasteiger partial charge is 0.290 e. The van der Waals surface area contributed by atoms with E-state index in [1.54, 1.807) is 12.2 Å². The maximum Gasteiger partial charge on any atom is 0.178 e. The summed E-state index contributed by atoms with van der Waals surface area (Å²) in [6.07, 6.45) is 6.08. The van der Waals surface area contributed by atoms with Gasteiger partial charge in [-0.2, -0.15) is 4.40 Å². The van der Waals surface area contributed by atoms with E-state index in [0.717, 1.165) is 12.2 Å². The summed E-state index contributed by atoms with van der Waals surface area (Å²) in [6, 6.07) is 0. The standard InChI is InChI=1S/C7H7NO3S/c1-10-11-12-8-6-2-4-7(9)5-3-6/h2-5H,1H3. The van der Waals surface area contributed by atoms with Gasteiger partial charge in [-0.15, -0.1) is 4.33 Å². The molecule has 0 bridgehead atoms. The molecule has 0 aliphatic heterocycles. The van der Waals surface area contributed by atoms with E-state index in [2.05, 4.69) is 13.6 Å². The minimum absolute atomic E-state index is 0.0355. The van der Waals surface area contributed by atoms with E-state index in [4.69, 9.17) is 0 Å². The van der Waals surface area contributed by atoms with Gasteiger partial charge in [-0.3, -0.25) is 4.79 Å². The van der Waals surface area contributed by atoms with Crippen molar-refractivity contribution in [3.63, 3.8) is 0 Å². The Bertz CT molecular complexity index is 239. The van der Waals surface area contributed by atoms with Crippen molar-refractivity contribution in [2.45, 2.75) is 0 Å². The van der Waals surface area contributed by atoms with Crippen LogP contribution in [0.15, 0.2) is 28.7 Å². The van der Waals surface area contributed by atoms with Gasteiger partial charge >= 0.3 is 0 Å². The fraction of sp³-hybridized carbons (Fsp3) is 0.143. The molecule has 1 aliphatic carbocycles. The average molecular weight is 185 g/mol. The zero-order chi connectivity index (χ0) is 8.81. The molecule has 0 amide bonds. The van der Waals surface area contributed by atoms with Gasteiger partial charge in [-0.05, 0) is 24.3 Å². The van der Waals surface area contributed by atoms with E-state index in [1.165, 1.54) is 19.3 Å². The molecule has 12 heavy (non-hydrogen) atoms. The fourth-order valence-electron chi connectivity index (χ4n) is 0.596. The minimum Gasteiger partial charge on any atom is -0.290 e. The van der Waals surface area contributed by atoms with Crippen molar-refractivity contribution in [2.75, 3.05) is 7.11 Å². The highest BCUT2D eigenvalue weighted by atomic mass is 32.2. The number of carbonyl (C=O) groups excluding carboxylic acids is 1. The fourth-order valence-corrected chi connectivity index (χ4v) is 0.895. The third-order valence-electron chi connectivity index (χ3n) is 1.08. The van der Waals surface area contributed by atoms with Crippen LogP contribution in [0.3, 0.4) is 0 Å². The first-order valence-electron chi connectivity index (χ1n) is 3.17. The summed E-state index contributed by atoms with van der Waals surface area (Å²) < 4.78 is 8.31. The Morgan fingerprint density at radius 3 is 2.58 bits per heavy atom. The topological polar surface area (TPSA) is 47.9 Å². The van der Waals surface area contributed by atoms with Gasteiger partial charge in [0, 0.05) is 0 Å². The van der Waals surface area contributed by atoms with Crippen molar-refractivity contribution in [3.05, 3.63) is 24.3 Å². The highest BCUT2D eigenvalue weighted by molar-refractivity contribution is 7.93. The Morgan fingerprint density at radius 1 is 1.33 bits per heavy atom. The van der Waals surface area contributed by atoms with Crippen LogP contribution in [0.1, 0.15) is 0 Å². The number of carbonyl (C=O) groups is 1. The van der Waals surface area contributed by atoms with Crippen LogP contribution in [0.25, 0.3) is 0 Å². The van der Waals surface area contributed by atoms with E-state index in [-0.39, 0.29) is 5.78 Å². The van der Waals surface area contributed by atoms with E-state index in [9.17, 15) is 4.79 Å². The summed E-state index contributed by atoms with van der Waals surface area (Å²) in [4.78, 5) is 14.9. The van der Waals surface area contributed by atoms with Gasteiger partial charge in [-0.25, -0.2) is 4.89 Å². The molecule has 64 valence electrons. The molecule has 1 aliphatic rings. The lowest BCUT2D eigenvalue weighted by atomic mass is 10.2. The van der Waals surface area contributed by atoms with E-state index in [1.807, 2.05) is 0 Å². The van der Waals surface area contributed by atoms with Crippen LogP contribution in [0.5, 0.6) is 0 Å². The zero-order valence-corrected chi connectivity index (χ0v) is 7.21. The Balaban J connectivity index is 2.44. The maximum absolute atomic E-state index is 10.6. The highest BCUT2D eigenvalue weighted by Gasteiger charge is 1.98. The summed E-state index contributed by atoms with van der Waals surface area (Å²) in [6.45, 7) is 0. The van der Waals surface area contributed by atoms with Crippen LogP contribution in [0.4, 0.5) is 0 Å². The molecule has 0 saturated carbocycles. The van der Waals surface area contributed by atoms with Gasteiger partial charge in [-0.1, -0.05) is 0 Å². The van der Waals surface area contributed by atoms with Crippen LogP contribution >= 0.6 is 12.2 Å². The lowest BCUT2D eigenvalue weighted by Crippen LogP contribution is -1.98. The number of hydrogen-bond acceptors (Lipinski definition) is 5. The van der Waals surface area contributed by atoms with Crippen LogP contribution in [0.2, 0.25) is 0 Å². The normalized spacial score (nSPS) is 15.4. The lowest BCUT2D eigenvalue weighted by Gasteiger charge is -1.96. The molecule has 1 rings (SSSR count). The summed E-state index contributed by atoms with van der Waals surface area (Å²) in [5, 5.41) is 0. The molecule has 0 spiro atoms. The van der Waals surface area contributed by atoms with Crippen LogP contribution in [0, 0.1) is 0 Å². The molecule has 0 aromatic rings. The molecule has 4 nitrogen and oxygen atoms in total. The van der Waals surface area contributed by atoms with Crippen molar-refractivity contribution >= 4 is 23.7 Å². The first kappa shape index (κ1) is 9.18. The number of nitrogens with zero attached hydrogens (tertiary/aromatic N) is 1. The van der Waals surface area contributed by atoms with Gasteiger partial charge in [0.2, 0.25) is 0 Å². The monoisotopic (exact) mass is 185 g/mol. The molecule has 0 fully saturated rings. The molecule has 5 heteroatoms. The van der Waals surface area contributed by atoms with Gasteiger partial charge in [0.25, 0.3) is 0 Å². The number of rotatable bonds is 3. The molecular weight excluding hydrogens is 178 g/mol. The molecule has 0 unspecified atom stereocenters. The predicted molar refractivity (Wildman–Crippen MR) is 46.4 cm³/mol. The van der Waals surface area contributed by atoms with Crippen molar-refractivity contribution in [1.82, 2.24) is 0 Å². The van der Waals surface area contributed by atoms with Crippen LogP contribution in [-0.2, 0) is 14.0 Å². The zero-order valence-electron chi connectivity index (χ0n) is 6.39. The number of allylic oxidation sites excluding steroid dienone is 4. The number of ketones is 1. The average Bonchev–Trinajstić information content (AvgIpc) is 2.09. The molecular formula is C7H7NO3S. The van der Waals surface area contributed by atoms with Crippen molar-refractivity contribution in [2.24, 2.45) is 4.40 Å². The second kappa shape index (κ2) is 4.87. The third kappa shape index (κ3) is 3.00. The summed E-state index contributed by atoms with van der Waals surface area (Å²) in [5.41, 5.74) is 0.664. The molecule has 0 heterocycles. The van der Waals surface area contributed by atoms with E-state index >= 15 is 0 Å². The van der Waals surface area contributed by atoms with E-state index in [0.29, 0.717) is 5.71 Å². The Hall–Kier alpha value is -0.910. The minimum atomic E-state index is -0.0355. The smallest absolute Gasteiger partial charge is 0.178 e. The first-order valence-corrected chi connectivity index (χ1v) is 3.87. The second-order valence-corrected chi connectivity index (χ2v) is 2.36. The van der Waals surface area contributed by atoms with Crippen molar-refractivity contribution in [3.8, 4) is 0 Å². The third-order valence-corrected chi connectivity index (χ3v) is 1.56. The predicted octanol–water partition coefficient (Wildman–Crippen LogP) is 1.26. The molecule has 0 aromatic carbocycles. The van der Waals surface area contributed by atoms with Crippen LogP contribution < -0.4 is 0 Å². The van der Waals surface area contributed by atoms with Crippen LogP contribution in [-0.4, -0.2) is 18.6 Å². The maximum atomic E-state index is 10.6. The Morgan fingerprint density at radius 2 is 2.00 bits per heavy atom. The van der Waals surface area contributed by atoms with Gasteiger partial charge in [0.05, 0.1) is 12.8 Å². The Labute approximate surface area is 74.2 Å². The second-order valence-electron chi connectivity index (χ2n) is 1.89. The first-order chi connectivity index (χ1) is 5.83. The molecule has 0 saturated heterocycles. The van der Waals surface area contributed by atoms with Gasteiger partial charge in [0.1, 0.15) is 0 Å². The molecule has 0 radical (unpaired) electrons. The van der Waals surface area contributed by atoms with Gasteiger partial charge < -0.3 is 0 Å². The lowest BCUT2D eigenvalue weighted by molar-refractivity contribution is -0.160. The number of hydrogen-bond donors (Lipinski definition) is 0. The van der Waals surface area contributed by atoms with Gasteiger partial charge in [0.15, 0.2) is 18.0 Å². The quantitative estimate of drug-likeness (QED) is 0.166. The summed E-state index contributed by atoms with van der Waals surface area (Å²) >= 11 is 0.813. The highest BCUT2D eigenvalue weighted by Crippen LogP contribution is 2.07. The SMILES string of the molecule is COOSN=C1C=CC(=O)C=C1.